The van der Waals surface area contributed by atoms with Gasteiger partial charge in [0.25, 0.3) is 0 Å². The fourth-order valence-corrected chi connectivity index (χ4v) is 5.24. The maximum Gasteiger partial charge on any atom is 0.0361 e. The Balaban J connectivity index is 1.30. The van der Waals surface area contributed by atoms with Crippen LogP contribution in [0.4, 0.5) is 0 Å². The first-order valence-electron chi connectivity index (χ1n) is 11.9. The minimum absolute atomic E-state index is 1.22. The van der Waals surface area contributed by atoms with Gasteiger partial charge in [-0.15, -0.1) is 11.3 Å². The molecule has 0 aliphatic carbocycles. The molecule has 0 fully saturated rings. The molecule has 35 heavy (non-hydrogen) atoms. The predicted octanol–water partition coefficient (Wildman–Crippen LogP) is 10.1. The van der Waals surface area contributed by atoms with Crippen molar-refractivity contribution in [3.8, 4) is 0 Å². The number of hydrogen-bond donors (Lipinski definition) is 0. The van der Waals surface area contributed by atoms with Crippen molar-refractivity contribution in [1.82, 2.24) is 0 Å². The first kappa shape index (κ1) is 22.8. The summed E-state index contributed by atoms with van der Waals surface area (Å²) < 4.78 is 2.65. The molecule has 0 nitrogen and oxygen atoms in total. The minimum Gasteiger partial charge on any atom is -0.135 e. The van der Waals surface area contributed by atoms with E-state index in [0.29, 0.717) is 0 Å². The van der Waals surface area contributed by atoms with Crippen molar-refractivity contribution in [3.05, 3.63) is 143 Å². The molecule has 0 aliphatic rings. The Labute approximate surface area is 211 Å². The highest BCUT2D eigenvalue weighted by atomic mass is 32.1. The summed E-state index contributed by atoms with van der Waals surface area (Å²) in [5, 5.41) is 2.65. The van der Waals surface area contributed by atoms with Crippen LogP contribution in [0.1, 0.15) is 33.4 Å². The van der Waals surface area contributed by atoms with Gasteiger partial charge < -0.3 is 0 Å². The third-order valence-electron chi connectivity index (χ3n) is 6.05. The highest BCUT2D eigenvalue weighted by molar-refractivity contribution is 7.25. The second-order valence-electron chi connectivity index (χ2n) is 8.87. The average Bonchev–Trinajstić information content (AvgIpc) is 3.23. The van der Waals surface area contributed by atoms with Crippen LogP contribution in [0.5, 0.6) is 0 Å². The van der Waals surface area contributed by atoms with Crippen molar-refractivity contribution in [2.24, 2.45) is 0 Å². The van der Waals surface area contributed by atoms with Gasteiger partial charge >= 0.3 is 0 Å². The number of thiophene rings is 1. The number of allylic oxidation sites excluding steroid dienone is 4. The number of fused-ring (bicyclic) bond motifs is 3. The van der Waals surface area contributed by atoms with Gasteiger partial charge in [-0.3, -0.25) is 0 Å². The van der Waals surface area contributed by atoms with Crippen LogP contribution in [0.3, 0.4) is 0 Å². The summed E-state index contributed by atoms with van der Waals surface area (Å²) in [6, 6.07) is 30.6. The number of rotatable bonds is 6. The summed E-state index contributed by atoms with van der Waals surface area (Å²) in [6.45, 7) is 4.22. The van der Waals surface area contributed by atoms with E-state index in [9.17, 15) is 0 Å². The topological polar surface area (TPSA) is 0 Å². The highest BCUT2D eigenvalue weighted by Crippen LogP contribution is 2.35. The fourth-order valence-electron chi connectivity index (χ4n) is 4.04. The molecule has 0 aliphatic heterocycles. The van der Waals surface area contributed by atoms with E-state index in [1.807, 2.05) is 11.3 Å². The molecule has 1 heterocycles. The van der Waals surface area contributed by atoms with E-state index in [-0.39, 0.29) is 0 Å². The maximum atomic E-state index is 2.29. The molecule has 1 aromatic heterocycles. The van der Waals surface area contributed by atoms with Crippen molar-refractivity contribution in [3.63, 3.8) is 0 Å². The summed E-state index contributed by atoms with van der Waals surface area (Å²) in [6.07, 6.45) is 17.0. The Morgan fingerprint density at radius 3 is 1.17 bits per heavy atom. The second-order valence-corrected chi connectivity index (χ2v) is 9.95. The first-order chi connectivity index (χ1) is 17.1. The van der Waals surface area contributed by atoms with Gasteiger partial charge in [0.05, 0.1) is 0 Å². The lowest BCUT2D eigenvalue weighted by Gasteiger charge is -1.96. The van der Waals surface area contributed by atoms with Crippen LogP contribution in [0, 0.1) is 13.8 Å². The first-order valence-corrected chi connectivity index (χ1v) is 12.7. The lowest BCUT2D eigenvalue weighted by molar-refractivity contribution is 1.46. The molecule has 0 atom stereocenters. The average molecular weight is 469 g/mol. The Morgan fingerprint density at radius 1 is 0.429 bits per heavy atom. The quantitative estimate of drug-likeness (QED) is 0.217. The molecule has 0 amide bonds. The van der Waals surface area contributed by atoms with E-state index in [0.717, 1.165) is 0 Å². The van der Waals surface area contributed by atoms with Crippen molar-refractivity contribution < 1.29 is 0 Å². The van der Waals surface area contributed by atoms with E-state index in [4.69, 9.17) is 0 Å². The van der Waals surface area contributed by atoms with E-state index in [2.05, 4.69) is 147 Å². The Bertz CT molecular complexity index is 1450. The molecule has 5 rings (SSSR count). The zero-order valence-corrected chi connectivity index (χ0v) is 20.9. The van der Waals surface area contributed by atoms with E-state index in [1.54, 1.807) is 0 Å². The molecule has 5 aromatic rings. The SMILES string of the molecule is Cc1ccc(C=CC=Cc2ccc3c(c2)sc2cc(C=CC=Cc4ccc(C)cc4)ccc23)cc1. The largest absolute Gasteiger partial charge is 0.135 e. The number of benzene rings is 4. The predicted molar refractivity (Wildman–Crippen MR) is 158 cm³/mol. The molecule has 4 aromatic carbocycles. The van der Waals surface area contributed by atoms with Crippen LogP contribution in [0.25, 0.3) is 44.5 Å². The maximum absolute atomic E-state index is 2.29. The standard InChI is InChI=1S/C34H28S/c1-25-11-15-27(16-12-25)7-3-5-9-29-19-21-31-32-22-20-30(24-34(32)35-33(31)23-29)10-6-4-8-28-17-13-26(2)14-18-28/h3-24H,1-2H3. The Hall–Kier alpha value is -3.94. The molecule has 1 heteroatoms. The molecule has 170 valence electrons. The van der Waals surface area contributed by atoms with Gasteiger partial charge in [-0.05, 0) is 48.2 Å². The number of hydrogen-bond acceptors (Lipinski definition) is 1. The summed E-state index contributed by atoms with van der Waals surface area (Å²) in [5.74, 6) is 0. The zero-order valence-electron chi connectivity index (χ0n) is 20.1. The fraction of sp³-hybridized carbons (Fsp3) is 0.0588. The third-order valence-corrected chi connectivity index (χ3v) is 7.17. The van der Waals surface area contributed by atoms with Crippen LogP contribution < -0.4 is 0 Å². The molecule has 0 radical (unpaired) electrons. The third kappa shape index (κ3) is 5.77. The summed E-state index contributed by atoms with van der Waals surface area (Å²) in [5.41, 5.74) is 7.45. The molecule has 0 saturated heterocycles. The van der Waals surface area contributed by atoms with Gasteiger partial charge in [0.1, 0.15) is 0 Å². The van der Waals surface area contributed by atoms with Gasteiger partial charge in [0, 0.05) is 20.2 Å². The normalized spacial score (nSPS) is 12.4. The van der Waals surface area contributed by atoms with Crippen LogP contribution in [-0.4, -0.2) is 0 Å². The van der Waals surface area contributed by atoms with Crippen LogP contribution in [-0.2, 0) is 0 Å². The van der Waals surface area contributed by atoms with Crippen molar-refractivity contribution in [2.75, 3.05) is 0 Å². The number of aryl methyl sites for hydroxylation is 2. The molecule has 0 unspecified atom stereocenters. The van der Waals surface area contributed by atoms with Crippen LogP contribution in [0.2, 0.25) is 0 Å². The molecule has 0 bridgehead atoms. The van der Waals surface area contributed by atoms with Crippen molar-refractivity contribution in [1.29, 1.82) is 0 Å². The van der Waals surface area contributed by atoms with Gasteiger partial charge in [-0.1, -0.05) is 133 Å². The smallest absolute Gasteiger partial charge is 0.0361 e. The van der Waals surface area contributed by atoms with Gasteiger partial charge in [-0.2, -0.15) is 0 Å². The molecular weight excluding hydrogens is 440 g/mol. The van der Waals surface area contributed by atoms with Crippen molar-refractivity contribution >= 4 is 55.8 Å². The monoisotopic (exact) mass is 468 g/mol. The Morgan fingerprint density at radius 2 is 0.771 bits per heavy atom. The van der Waals surface area contributed by atoms with Crippen molar-refractivity contribution in [2.45, 2.75) is 13.8 Å². The molecular formula is C34H28S. The Kier molecular flexibility index (Phi) is 6.88. The van der Waals surface area contributed by atoms with E-state index in [1.165, 1.54) is 53.6 Å². The zero-order chi connectivity index (χ0) is 24.0. The molecule has 0 saturated carbocycles. The van der Waals surface area contributed by atoms with E-state index < -0.39 is 0 Å². The summed E-state index contributed by atoms with van der Waals surface area (Å²) in [7, 11) is 0. The van der Waals surface area contributed by atoms with Crippen LogP contribution in [0.15, 0.2) is 109 Å². The second kappa shape index (κ2) is 10.5. The lowest BCUT2D eigenvalue weighted by Crippen LogP contribution is -1.74. The van der Waals surface area contributed by atoms with Gasteiger partial charge in [-0.25, -0.2) is 0 Å². The summed E-state index contributed by atoms with van der Waals surface area (Å²) >= 11 is 1.86. The highest BCUT2D eigenvalue weighted by Gasteiger charge is 2.05. The van der Waals surface area contributed by atoms with Gasteiger partial charge in [0.15, 0.2) is 0 Å². The summed E-state index contributed by atoms with van der Waals surface area (Å²) in [4.78, 5) is 0. The van der Waals surface area contributed by atoms with E-state index >= 15 is 0 Å². The molecule has 0 spiro atoms. The molecule has 0 N–H and O–H groups in total. The lowest BCUT2D eigenvalue weighted by atomic mass is 10.1. The van der Waals surface area contributed by atoms with Crippen LogP contribution >= 0.6 is 11.3 Å². The van der Waals surface area contributed by atoms with Gasteiger partial charge in [0.2, 0.25) is 0 Å². The minimum atomic E-state index is 1.22.